The molecule has 2 heterocycles. The minimum Gasteiger partial charge on any atom is -0.497 e. The summed E-state index contributed by atoms with van der Waals surface area (Å²) in [5, 5.41) is 5.37. The molecule has 8 heteroatoms. The Morgan fingerprint density at radius 3 is 2.58 bits per heavy atom. The summed E-state index contributed by atoms with van der Waals surface area (Å²) in [6.07, 6.45) is 0.850. The second-order valence-electron chi connectivity index (χ2n) is 5.79. The molecule has 128 valence electrons. The molecule has 0 bridgehead atoms. The molecule has 2 saturated heterocycles. The lowest BCUT2D eigenvalue weighted by atomic mass is 9.90. The number of amides is 4. The van der Waals surface area contributed by atoms with Crippen LogP contribution in [0.3, 0.4) is 0 Å². The Morgan fingerprint density at radius 2 is 1.96 bits per heavy atom. The summed E-state index contributed by atoms with van der Waals surface area (Å²) in [5.41, 5.74) is -0.357. The molecular formula is C16H19N3O5. The highest BCUT2D eigenvalue weighted by Gasteiger charge is 2.52. The first-order valence-corrected chi connectivity index (χ1v) is 7.70. The average Bonchev–Trinajstić information content (AvgIpc) is 2.80. The van der Waals surface area contributed by atoms with Crippen LogP contribution in [0.2, 0.25) is 0 Å². The molecule has 1 aromatic rings. The summed E-state index contributed by atoms with van der Waals surface area (Å²) < 4.78 is 10.3. The highest BCUT2D eigenvalue weighted by atomic mass is 16.5. The van der Waals surface area contributed by atoms with Gasteiger partial charge in [-0.15, -0.1) is 0 Å². The zero-order valence-corrected chi connectivity index (χ0v) is 13.3. The quantitative estimate of drug-likeness (QED) is 0.792. The number of urea groups is 1. The van der Waals surface area contributed by atoms with Crippen LogP contribution in [0.15, 0.2) is 24.3 Å². The zero-order chi connectivity index (χ0) is 17.2. The molecule has 2 aliphatic heterocycles. The Labute approximate surface area is 139 Å². The highest BCUT2D eigenvalue weighted by Crippen LogP contribution is 2.28. The van der Waals surface area contributed by atoms with Gasteiger partial charge in [-0.1, -0.05) is 0 Å². The van der Waals surface area contributed by atoms with E-state index in [-0.39, 0.29) is 12.5 Å². The van der Waals surface area contributed by atoms with E-state index >= 15 is 0 Å². The van der Waals surface area contributed by atoms with Gasteiger partial charge in [0.1, 0.15) is 17.8 Å². The van der Waals surface area contributed by atoms with E-state index in [0.29, 0.717) is 37.5 Å². The monoisotopic (exact) mass is 333 g/mol. The maximum absolute atomic E-state index is 12.6. The van der Waals surface area contributed by atoms with E-state index in [2.05, 4.69) is 10.6 Å². The summed E-state index contributed by atoms with van der Waals surface area (Å²) in [4.78, 5) is 37.7. The number of methoxy groups -OCH3 is 1. The van der Waals surface area contributed by atoms with Crippen molar-refractivity contribution in [3.63, 3.8) is 0 Å². The number of hydrogen-bond acceptors (Lipinski definition) is 5. The van der Waals surface area contributed by atoms with Gasteiger partial charge in [0.05, 0.1) is 7.11 Å². The maximum atomic E-state index is 12.6. The molecule has 0 unspecified atom stereocenters. The molecule has 2 fully saturated rings. The number of nitrogens with one attached hydrogen (secondary N) is 2. The lowest BCUT2D eigenvalue weighted by Crippen LogP contribution is -2.51. The molecule has 0 aliphatic carbocycles. The molecule has 2 aliphatic rings. The second-order valence-corrected chi connectivity index (χ2v) is 5.79. The van der Waals surface area contributed by atoms with E-state index in [9.17, 15) is 14.4 Å². The van der Waals surface area contributed by atoms with Gasteiger partial charge < -0.3 is 20.1 Å². The van der Waals surface area contributed by atoms with Gasteiger partial charge in [0.15, 0.2) is 0 Å². The summed E-state index contributed by atoms with van der Waals surface area (Å²) >= 11 is 0. The predicted molar refractivity (Wildman–Crippen MR) is 84.7 cm³/mol. The number of nitrogens with zero attached hydrogens (tertiary/aromatic N) is 1. The zero-order valence-electron chi connectivity index (χ0n) is 13.3. The summed E-state index contributed by atoms with van der Waals surface area (Å²) in [5.74, 6) is -0.128. The van der Waals surface area contributed by atoms with Gasteiger partial charge in [0.2, 0.25) is 5.91 Å². The van der Waals surface area contributed by atoms with Gasteiger partial charge in [0, 0.05) is 31.7 Å². The van der Waals surface area contributed by atoms with Crippen LogP contribution in [0.4, 0.5) is 10.5 Å². The second kappa shape index (κ2) is 6.48. The minimum absolute atomic E-state index is 0.320. The van der Waals surface area contributed by atoms with Crippen molar-refractivity contribution < 1.29 is 23.9 Å². The molecule has 24 heavy (non-hydrogen) atoms. The highest BCUT2D eigenvalue weighted by molar-refractivity contribution is 6.10. The van der Waals surface area contributed by atoms with Crippen LogP contribution in [-0.2, 0) is 14.3 Å². The number of carbonyl (C=O) groups is 3. The van der Waals surface area contributed by atoms with Crippen molar-refractivity contribution in [2.75, 3.05) is 32.2 Å². The fraction of sp³-hybridized carbons (Fsp3) is 0.438. The first kappa shape index (κ1) is 16.3. The third kappa shape index (κ3) is 3.05. The largest absolute Gasteiger partial charge is 0.497 e. The van der Waals surface area contributed by atoms with E-state index in [0.717, 1.165) is 4.90 Å². The molecule has 8 nitrogen and oxygen atoms in total. The van der Waals surface area contributed by atoms with Gasteiger partial charge in [-0.25, -0.2) is 4.79 Å². The first-order valence-electron chi connectivity index (χ1n) is 7.70. The molecule has 3 rings (SSSR count). The van der Waals surface area contributed by atoms with E-state index in [1.807, 2.05) is 0 Å². The molecular weight excluding hydrogens is 314 g/mol. The number of imide groups is 1. The Bertz CT molecular complexity index is 652. The number of carbonyl (C=O) groups excluding carboxylic acids is 3. The third-order valence-electron chi connectivity index (χ3n) is 4.27. The molecule has 0 aromatic heterocycles. The Balaban J connectivity index is 1.63. The molecule has 0 saturated carbocycles. The number of rotatable bonds is 4. The number of benzene rings is 1. The van der Waals surface area contributed by atoms with Crippen molar-refractivity contribution in [1.82, 2.24) is 10.2 Å². The van der Waals surface area contributed by atoms with Crippen molar-refractivity contribution in [2.24, 2.45) is 0 Å². The number of anilines is 1. The minimum atomic E-state index is -0.921. The molecule has 4 amide bonds. The van der Waals surface area contributed by atoms with Gasteiger partial charge in [-0.2, -0.15) is 0 Å². The van der Waals surface area contributed by atoms with Crippen molar-refractivity contribution in [3.8, 4) is 5.75 Å². The van der Waals surface area contributed by atoms with Crippen LogP contribution in [0.5, 0.6) is 5.75 Å². The van der Waals surface area contributed by atoms with Crippen LogP contribution in [0, 0.1) is 0 Å². The van der Waals surface area contributed by atoms with Gasteiger partial charge in [0.25, 0.3) is 5.91 Å². The van der Waals surface area contributed by atoms with Crippen molar-refractivity contribution in [2.45, 2.75) is 18.4 Å². The van der Waals surface area contributed by atoms with Crippen LogP contribution >= 0.6 is 0 Å². The summed E-state index contributed by atoms with van der Waals surface area (Å²) in [6.45, 7) is 0.509. The van der Waals surface area contributed by atoms with E-state index in [4.69, 9.17) is 9.47 Å². The molecule has 1 aromatic carbocycles. The summed E-state index contributed by atoms with van der Waals surface area (Å²) in [7, 11) is 1.55. The van der Waals surface area contributed by atoms with E-state index in [1.54, 1.807) is 31.4 Å². The van der Waals surface area contributed by atoms with Gasteiger partial charge in [-0.3, -0.25) is 14.5 Å². The fourth-order valence-electron chi connectivity index (χ4n) is 2.90. The maximum Gasteiger partial charge on any atom is 0.325 e. The average molecular weight is 333 g/mol. The van der Waals surface area contributed by atoms with Crippen LogP contribution in [-0.4, -0.2) is 55.2 Å². The number of hydrogen-bond donors (Lipinski definition) is 2. The Morgan fingerprint density at radius 1 is 1.29 bits per heavy atom. The fourth-order valence-corrected chi connectivity index (χ4v) is 2.90. The van der Waals surface area contributed by atoms with Crippen molar-refractivity contribution >= 4 is 23.5 Å². The van der Waals surface area contributed by atoms with E-state index < -0.39 is 17.5 Å². The van der Waals surface area contributed by atoms with Crippen LogP contribution < -0.4 is 15.4 Å². The SMILES string of the molecule is COc1ccc(NC(=O)CN2C(=O)NC3(CCOCC3)C2=O)cc1. The molecule has 1 spiro atoms. The van der Waals surface area contributed by atoms with Gasteiger partial charge in [-0.05, 0) is 24.3 Å². The molecule has 2 N–H and O–H groups in total. The standard InChI is InChI=1S/C16H19N3O5/c1-23-12-4-2-11(3-5-12)17-13(20)10-19-14(21)16(18-15(19)22)6-8-24-9-7-16/h2-5H,6-10H2,1H3,(H,17,20)(H,18,22). The lowest BCUT2D eigenvalue weighted by molar-refractivity contribution is -0.136. The molecule has 0 radical (unpaired) electrons. The number of ether oxygens (including phenoxy) is 2. The molecule has 0 atom stereocenters. The topological polar surface area (TPSA) is 97.0 Å². The normalized spacial score (nSPS) is 19.3. The smallest absolute Gasteiger partial charge is 0.325 e. The predicted octanol–water partition coefficient (Wildman–Crippen LogP) is 0.735. The lowest BCUT2D eigenvalue weighted by Gasteiger charge is -2.30. The van der Waals surface area contributed by atoms with E-state index in [1.165, 1.54) is 0 Å². The Kier molecular flexibility index (Phi) is 4.39. The van der Waals surface area contributed by atoms with Crippen molar-refractivity contribution in [1.29, 1.82) is 0 Å². The van der Waals surface area contributed by atoms with Gasteiger partial charge >= 0.3 is 6.03 Å². The Hall–Kier alpha value is -2.61. The first-order chi connectivity index (χ1) is 11.5. The summed E-state index contributed by atoms with van der Waals surface area (Å²) in [6, 6.07) is 6.25. The third-order valence-corrected chi connectivity index (χ3v) is 4.27. The van der Waals surface area contributed by atoms with Crippen LogP contribution in [0.25, 0.3) is 0 Å². The van der Waals surface area contributed by atoms with Crippen molar-refractivity contribution in [3.05, 3.63) is 24.3 Å². The van der Waals surface area contributed by atoms with Crippen LogP contribution in [0.1, 0.15) is 12.8 Å².